The van der Waals surface area contributed by atoms with E-state index in [0.29, 0.717) is 0 Å². The third kappa shape index (κ3) is 5.22. The van der Waals surface area contributed by atoms with Gasteiger partial charge >= 0.3 is 6.18 Å². The molecular formula is C9H10F4. The van der Waals surface area contributed by atoms with Crippen molar-refractivity contribution in [3.05, 3.63) is 35.7 Å². The highest BCUT2D eigenvalue weighted by molar-refractivity contribution is 5.27. The lowest BCUT2D eigenvalue weighted by molar-refractivity contribution is -0.0913. The molecule has 0 aliphatic carbocycles. The molecule has 74 valence electrons. The van der Waals surface area contributed by atoms with Crippen molar-refractivity contribution < 1.29 is 17.6 Å². The predicted octanol–water partition coefficient (Wildman–Crippen LogP) is 3.92. The van der Waals surface area contributed by atoms with E-state index < -0.39 is 17.6 Å². The fourth-order valence-electron chi connectivity index (χ4n) is 0.712. The normalized spacial score (nSPS) is 14.6. The monoisotopic (exact) mass is 194 g/mol. The number of hydrogen-bond donors (Lipinski definition) is 0. The first-order valence-electron chi connectivity index (χ1n) is 3.51. The van der Waals surface area contributed by atoms with Crippen molar-refractivity contribution in [1.29, 1.82) is 0 Å². The first kappa shape index (κ1) is 11.9. The molecule has 0 N–H and O–H groups in total. The van der Waals surface area contributed by atoms with Gasteiger partial charge in [0.05, 0.1) is 0 Å². The Morgan fingerprint density at radius 2 is 1.62 bits per heavy atom. The van der Waals surface area contributed by atoms with Gasteiger partial charge in [0.15, 0.2) is 0 Å². The van der Waals surface area contributed by atoms with Crippen molar-refractivity contribution in [2.24, 2.45) is 0 Å². The van der Waals surface area contributed by atoms with Crippen molar-refractivity contribution in [1.82, 2.24) is 0 Å². The fraction of sp³-hybridized carbons (Fsp3) is 0.333. The molecule has 0 bridgehead atoms. The minimum atomic E-state index is -4.35. The summed E-state index contributed by atoms with van der Waals surface area (Å²) in [6, 6.07) is 0. The lowest BCUT2D eigenvalue weighted by Crippen LogP contribution is -2.08. The lowest BCUT2D eigenvalue weighted by atomic mass is 10.2. The molecule has 13 heavy (non-hydrogen) atoms. The van der Waals surface area contributed by atoms with Gasteiger partial charge in [-0.2, -0.15) is 13.2 Å². The molecule has 0 nitrogen and oxygen atoms in total. The minimum Gasteiger partial charge on any atom is -0.208 e. The van der Waals surface area contributed by atoms with Gasteiger partial charge in [-0.25, -0.2) is 4.39 Å². The molecule has 0 aliphatic heterocycles. The quantitative estimate of drug-likeness (QED) is 0.461. The SMILES string of the molecule is C=C(F)/C=C(C)\C=C(/C)C(F)(F)F. The zero-order valence-corrected chi connectivity index (χ0v) is 7.37. The smallest absolute Gasteiger partial charge is 0.208 e. The molecule has 0 aromatic heterocycles. The molecule has 0 amide bonds. The zero-order valence-electron chi connectivity index (χ0n) is 7.37. The van der Waals surface area contributed by atoms with Gasteiger partial charge in [0.1, 0.15) is 5.83 Å². The highest BCUT2D eigenvalue weighted by Gasteiger charge is 2.29. The Balaban J connectivity index is 4.67. The second-order valence-corrected chi connectivity index (χ2v) is 2.66. The van der Waals surface area contributed by atoms with Gasteiger partial charge in [-0.15, -0.1) is 0 Å². The summed E-state index contributed by atoms with van der Waals surface area (Å²) in [4.78, 5) is 0. The van der Waals surface area contributed by atoms with Crippen molar-refractivity contribution in [3.8, 4) is 0 Å². The Labute approximate surface area is 74.3 Å². The first-order chi connectivity index (χ1) is 5.73. The lowest BCUT2D eigenvalue weighted by Gasteiger charge is -2.05. The summed E-state index contributed by atoms with van der Waals surface area (Å²) in [5.41, 5.74) is -0.579. The number of allylic oxidation sites excluding steroid dienone is 5. The van der Waals surface area contributed by atoms with Gasteiger partial charge < -0.3 is 0 Å². The van der Waals surface area contributed by atoms with Crippen LogP contribution in [0.2, 0.25) is 0 Å². The van der Waals surface area contributed by atoms with E-state index in [9.17, 15) is 17.6 Å². The van der Waals surface area contributed by atoms with Crippen LogP contribution in [0.15, 0.2) is 35.7 Å². The van der Waals surface area contributed by atoms with Crippen LogP contribution in [-0.4, -0.2) is 6.18 Å². The molecule has 0 aliphatic rings. The standard InChI is InChI=1S/C9H10F4/c1-6(5-8(3)10)4-7(2)9(11,12)13/h4-5H,3H2,1-2H3/b6-5-,7-4+. The van der Waals surface area contributed by atoms with E-state index in [1.54, 1.807) is 0 Å². The third-order valence-electron chi connectivity index (χ3n) is 1.28. The van der Waals surface area contributed by atoms with E-state index in [-0.39, 0.29) is 5.57 Å². The highest BCUT2D eigenvalue weighted by atomic mass is 19.4. The first-order valence-corrected chi connectivity index (χ1v) is 3.51. The Hall–Kier alpha value is -1.06. The molecule has 0 rings (SSSR count). The van der Waals surface area contributed by atoms with E-state index in [4.69, 9.17) is 0 Å². The van der Waals surface area contributed by atoms with Crippen LogP contribution in [0.4, 0.5) is 17.6 Å². The Morgan fingerprint density at radius 3 is 1.92 bits per heavy atom. The minimum absolute atomic E-state index is 0.183. The Bertz CT molecular complexity index is 255. The Kier molecular flexibility index (Phi) is 3.91. The molecule has 0 radical (unpaired) electrons. The molecule has 0 atom stereocenters. The summed E-state index contributed by atoms with van der Waals surface area (Å²) in [5.74, 6) is -0.760. The van der Waals surface area contributed by atoms with Gasteiger partial charge in [0.2, 0.25) is 0 Å². The molecule has 0 aromatic carbocycles. The van der Waals surface area contributed by atoms with Crippen LogP contribution in [0.25, 0.3) is 0 Å². The van der Waals surface area contributed by atoms with Crippen LogP contribution in [-0.2, 0) is 0 Å². The molecule has 0 aromatic rings. The number of rotatable bonds is 2. The molecule has 0 saturated carbocycles. The van der Waals surface area contributed by atoms with Gasteiger partial charge in [-0.1, -0.05) is 12.7 Å². The van der Waals surface area contributed by atoms with Crippen LogP contribution >= 0.6 is 0 Å². The average molecular weight is 194 g/mol. The molecular weight excluding hydrogens is 184 g/mol. The topological polar surface area (TPSA) is 0 Å². The van der Waals surface area contributed by atoms with Crippen molar-refractivity contribution in [2.45, 2.75) is 20.0 Å². The number of alkyl halides is 3. The maximum Gasteiger partial charge on any atom is 0.412 e. The van der Waals surface area contributed by atoms with E-state index in [1.807, 2.05) is 0 Å². The Morgan fingerprint density at radius 1 is 1.15 bits per heavy atom. The second kappa shape index (κ2) is 4.25. The van der Waals surface area contributed by atoms with Crippen LogP contribution in [0.5, 0.6) is 0 Å². The number of hydrogen-bond acceptors (Lipinski definition) is 0. The van der Waals surface area contributed by atoms with Gasteiger partial charge in [0.25, 0.3) is 0 Å². The molecule has 0 spiro atoms. The third-order valence-corrected chi connectivity index (χ3v) is 1.28. The summed E-state index contributed by atoms with van der Waals surface area (Å²) >= 11 is 0. The van der Waals surface area contributed by atoms with Gasteiger partial charge in [0, 0.05) is 5.57 Å². The molecule has 0 unspecified atom stereocenters. The van der Waals surface area contributed by atoms with Crippen molar-refractivity contribution in [3.63, 3.8) is 0 Å². The van der Waals surface area contributed by atoms with Gasteiger partial charge in [-0.3, -0.25) is 0 Å². The van der Waals surface area contributed by atoms with Crippen LogP contribution in [0.3, 0.4) is 0 Å². The summed E-state index contributed by atoms with van der Waals surface area (Å²) in [5, 5.41) is 0. The molecule has 0 fully saturated rings. The fourth-order valence-corrected chi connectivity index (χ4v) is 0.712. The van der Waals surface area contributed by atoms with Crippen molar-refractivity contribution >= 4 is 0 Å². The van der Waals surface area contributed by atoms with Crippen LogP contribution in [0, 0.1) is 0 Å². The summed E-state index contributed by atoms with van der Waals surface area (Å²) in [6.07, 6.45) is -2.55. The predicted molar refractivity (Wildman–Crippen MR) is 43.8 cm³/mol. The van der Waals surface area contributed by atoms with Gasteiger partial charge in [-0.05, 0) is 25.5 Å². The van der Waals surface area contributed by atoms with Crippen LogP contribution < -0.4 is 0 Å². The summed E-state index contributed by atoms with van der Waals surface area (Å²) in [7, 11) is 0. The maximum atomic E-state index is 12.1. The van der Waals surface area contributed by atoms with E-state index in [1.165, 1.54) is 6.92 Å². The van der Waals surface area contributed by atoms with E-state index in [0.717, 1.165) is 19.1 Å². The van der Waals surface area contributed by atoms with Crippen molar-refractivity contribution in [2.75, 3.05) is 0 Å². The molecule has 0 heterocycles. The average Bonchev–Trinajstić information content (AvgIpc) is 1.82. The van der Waals surface area contributed by atoms with E-state index >= 15 is 0 Å². The second-order valence-electron chi connectivity index (χ2n) is 2.66. The molecule has 0 saturated heterocycles. The highest BCUT2D eigenvalue weighted by Crippen LogP contribution is 2.25. The van der Waals surface area contributed by atoms with Crippen LogP contribution in [0.1, 0.15) is 13.8 Å². The molecule has 4 heteroatoms. The zero-order chi connectivity index (χ0) is 10.6. The number of halogens is 4. The summed E-state index contributed by atoms with van der Waals surface area (Å²) < 4.78 is 47.9. The summed E-state index contributed by atoms with van der Waals surface area (Å²) in [6.45, 7) is 5.21. The van der Waals surface area contributed by atoms with E-state index in [2.05, 4.69) is 6.58 Å². The maximum absolute atomic E-state index is 12.1. The largest absolute Gasteiger partial charge is 0.412 e.